The number of aromatic nitrogens is 3. The molecule has 0 aliphatic carbocycles. The van der Waals surface area contributed by atoms with Crippen LogP contribution in [0.4, 0.5) is 0 Å². The number of aliphatic carboxylic acids is 1. The van der Waals surface area contributed by atoms with Gasteiger partial charge in [-0.2, -0.15) is 5.10 Å². The number of ether oxygens (including phenoxy) is 1. The number of carboxylic acids is 1. The average molecular weight is 410 g/mol. The van der Waals surface area contributed by atoms with Gasteiger partial charge < -0.3 is 9.84 Å². The summed E-state index contributed by atoms with van der Waals surface area (Å²) in [6, 6.07) is 10.1. The first-order valence-corrected chi connectivity index (χ1v) is 10.2. The lowest BCUT2D eigenvalue weighted by molar-refractivity contribution is -0.144. The van der Waals surface area contributed by atoms with Gasteiger partial charge in [-0.05, 0) is 27.2 Å². The van der Waals surface area contributed by atoms with Crippen molar-refractivity contribution in [2.24, 2.45) is 0 Å². The topological polar surface area (TPSA) is 76.7 Å². The Kier molecular flexibility index (Phi) is 5.74. The summed E-state index contributed by atoms with van der Waals surface area (Å²) >= 11 is 0. The van der Waals surface area contributed by atoms with Crippen LogP contribution in [0, 0.1) is 13.8 Å². The number of hydrogen-bond acceptors (Lipinski definition) is 4. The Labute approximate surface area is 177 Å². The van der Waals surface area contributed by atoms with E-state index in [1.54, 1.807) is 14.0 Å². The molecule has 0 aliphatic heterocycles. The highest BCUT2D eigenvalue weighted by Crippen LogP contribution is 2.39. The quantitative estimate of drug-likeness (QED) is 0.639. The van der Waals surface area contributed by atoms with E-state index in [2.05, 4.69) is 20.8 Å². The van der Waals surface area contributed by atoms with E-state index in [1.807, 2.05) is 48.7 Å². The van der Waals surface area contributed by atoms with Crippen molar-refractivity contribution in [3.8, 4) is 11.3 Å². The van der Waals surface area contributed by atoms with Crippen LogP contribution in [0.5, 0.6) is 0 Å². The van der Waals surface area contributed by atoms with Crippen LogP contribution in [-0.2, 0) is 20.4 Å². The molecule has 0 saturated carbocycles. The number of carbonyl (C=O) groups is 1. The summed E-state index contributed by atoms with van der Waals surface area (Å²) in [4.78, 5) is 17.3. The molecule has 0 spiro atoms. The molecule has 3 aromatic rings. The Morgan fingerprint density at radius 2 is 1.77 bits per heavy atom. The van der Waals surface area contributed by atoms with Crippen molar-refractivity contribution < 1.29 is 14.6 Å². The highest BCUT2D eigenvalue weighted by Gasteiger charge is 2.40. The van der Waals surface area contributed by atoms with Crippen LogP contribution < -0.4 is 0 Å². The Morgan fingerprint density at radius 3 is 2.30 bits per heavy atom. The number of hydrogen-bond donors (Lipinski definition) is 1. The van der Waals surface area contributed by atoms with Crippen molar-refractivity contribution in [1.29, 1.82) is 0 Å². The van der Waals surface area contributed by atoms with Crippen molar-refractivity contribution >= 4 is 11.6 Å². The van der Waals surface area contributed by atoms with E-state index >= 15 is 0 Å². The fraction of sp³-hybridized carbons (Fsp3) is 0.458. The number of aryl methyl sites for hydroxylation is 2. The summed E-state index contributed by atoms with van der Waals surface area (Å²) in [5, 5.41) is 15.1. The lowest BCUT2D eigenvalue weighted by atomic mass is 9.76. The van der Waals surface area contributed by atoms with Crippen molar-refractivity contribution in [1.82, 2.24) is 14.6 Å². The Morgan fingerprint density at radius 1 is 1.13 bits per heavy atom. The molecule has 1 atom stereocenters. The third-order valence-corrected chi connectivity index (χ3v) is 5.71. The van der Waals surface area contributed by atoms with E-state index in [0.717, 1.165) is 28.2 Å². The second-order valence-electron chi connectivity index (χ2n) is 9.22. The van der Waals surface area contributed by atoms with E-state index in [9.17, 15) is 9.90 Å². The molecule has 0 radical (unpaired) electrons. The zero-order valence-corrected chi connectivity index (χ0v) is 18.9. The number of fused-ring (bicyclic) bond motifs is 1. The summed E-state index contributed by atoms with van der Waals surface area (Å²) < 4.78 is 7.05. The van der Waals surface area contributed by atoms with E-state index in [-0.39, 0.29) is 5.41 Å². The van der Waals surface area contributed by atoms with Crippen LogP contribution in [0.15, 0.2) is 30.3 Å². The van der Waals surface area contributed by atoms with Crippen molar-refractivity contribution in [2.75, 3.05) is 13.7 Å². The maximum Gasteiger partial charge on any atom is 0.314 e. The number of rotatable bonds is 6. The predicted octanol–water partition coefficient (Wildman–Crippen LogP) is 4.69. The monoisotopic (exact) mass is 409 g/mol. The minimum atomic E-state index is -1.17. The lowest BCUT2D eigenvalue weighted by Crippen LogP contribution is -2.36. The second-order valence-corrected chi connectivity index (χ2v) is 9.22. The van der Waals surface area contributed by atoms with Gasteiger partial charge in [0.05, 0.1) is 16.8 Å². The standard InChI is InChI=1S/C24H31N3O3/c1-15-8-10-17(11-9-15)21-20(24(6,22(28)29)12-13-30-7)16(2)25-19-14-18(23(3,4)5)26-27(19)21/h8-11,14H,12-13H2,1-7H3,(H,28,29). The normalized spacial score (nSPS) is 14.1. The summed E-state index contributed by atoms with van der Waals surface area (Å²) in [5.41, 5.74) is 4.50. The Balaban J connectivity index is 2.43. The minimum absolute atomic E-state index is 0.154. The molecule has 1 unspecified atom stereocenters. The smallest absolute Gasteiger partial charge is 0.314 e. The van der Waals surface area contributed by atoms with E-state index in [4.69, 9.17) is 14.8 Å². The van der Waals surface area contributed by atoms with E-state index in [0.29, 0.717) is 24.3 Å². The van der Waals surface area contributed by atoms with E-state index in [1.165, 1.54) is 0 Å². The molecular formula is C24H31N3O3. The second kappa shape index (κ2) is 7.84. The van der Waals surface area contributed by atoms with Gasteiger partial charge >= 0.3 is 5.97 Å². The van der Waals surface area contributed by atoms with Crippen molar-refractivity contribution in [3.63, 3.8) is 0 Å². The van der Waals surface area contributed by atoms with Crippen LogP contribution in [0.1, 0.15) is 56.6 Å². The van der Waals surface area contributed by atoms with Crippen LogP contribution in [0.3, 0.4) is 0 Å². The molecule has 3 rings (SSSR count). The van der Waals surface area contributed by atoms with Gasteiger partial charge in [-0.25, -0.2) is 9.50 Å². The maximum atomic E-state index is 12.5. The first-order chi connectivity index (χ1) is 14.0. The molecule has 2 heterocycles. The first kappa shape index (κ1) is 22.0. The Bertz CT molecular complexity index is 1080. The van der Waals surface area contributed by atoms with Gasteiger partial charge in [-0.15, -0.1) is 0 Å². The van der Waals surface area contributed by atoms with E-state index < -0.39 is 11.4 Å². The third kappa shape index (κ3) is 3.84. The zero-order chi connectivity index (χ0) is 22.3. The molecule has 0 fully saturated rings. The maximum absolute atomic E-state index is 12.5. The molecule has 6 heteroatoms. The molecule has 2 aromatic heterocycles. The molecule has 30 heavy (non-hydrogen) atoms. The zero-order valence-electron chi connectivity index (χ0n) is 18.9. The third-order valence-electron chi connectivity index (χ3n) is 5.71. The van der Waals surface area contributed by atoms with Crippen LogP contribution >= 0.6 is 0 Å². The van der Waals surface area contributed by atoms with Crippen molar-refractivity contribution in [3.05, 3.63) is 52.8 Å². The molecule has 160 valence electrons. The molecule has 1 aromatic carbocycles. The van der Waals surface area contributed by atoms with Gasteiger partial charge in [-0.3, -0.25) is 4.79 Å². The summed E-state index contributed by atoms with van der Waals surface area (Å²) in [7, 11) is 1.58. The highest BCUT2D eigenvalue weighted by molar-refractivity contribution is 5.85. The summed E-state index contributed by atoms with van der Waals surface area (Å²) in [5.74, 6) is -0.902. The average Bonchev–Trinajstić information content (AvgIpc) is 3.09. The minimum Gasteiger partial charge on any atom is -0.481 e. The molecular weight excluding hydrogens is 378 g/mol. The van der Waals surface area contributed by atoms with Gasteiger partial charge in [-0.1, -0.05) is 50.6 Å². The highest BCUT2D eigenvalue weighted by atomic mass is 16.5. The fourth-order valence-electron chi connectivity index (χ4n) is 3.77. The number of benzene rings is 1. The van der Waals surface area contributed by atoms with Gasteiger partial charge in [0.15, 0.2) is 5.65 Å². The largest absolute Gasteiger partial charge is 0.481 e. The summed E-state index contributed by atoms with van der Waals surface area (Å²) in [6.45, 7) is 12.3. The molecule has 0 amide bonds. The molecule has 6 nitrogen and oxygen atoms in total. The Hall–Kier alpha value is -2.73. The van der Waals surface area contributed by atoms with Gasteiger partial charge in [0.1, 0.15) is 0 Å². The fourth-order valence-corrected chi connectivity index (χ4v) is 3.77. The lowest BCUT2D eigenvalue weighted by Gasteiger charge is -2.29. The van der Waals surface area contributed by atoms with Crippen LogP contribution in [0.2, 0.25) is 0 Å². The first-order valence-electron chi connectivity index (χ1n) is 10.2. The van der Waals surface area contributed by atoms with Crippen LogP contribution in [0.25, 0.3) is 16.9 Å². The number of methoxy groups -OCH3 is 1. The SMILES string of the molecule is COCCC(C)(C(=O)O)c1c(C)nc2cc(C(C)(C)C)nn2c1-c1ccc(C)cc1. The van der Waals surface area contributed by atoms with Crippen molar-refractivity contribution in [2.45, 2.75) is 58.8 Å². The predicted molar refractivity (Wildman–Crippen MR) is 118 cm³/mol. The number of nitrogens with zero attached hydrogens (tertiary/aromatic N) is 3. The molecule has 0 aliphatic rings. The summed E-state index contributed by atoms with van der Waals surface area (Å²) in [6.07, 6.45) is 0.332. The van der Waals surface area contributed by atoms with Gasteiger partial charge in [0, 0.05) is 42.0 Å². The molecule has 0 saturated heterocycles. The number of carboxylic acid groups (broad SMARTS) is 1. The molecule has 1 N–H and O–H groups in total. The van der Waals surface area contributed by atoms with Gasteiger partial charge in [0.2, 0.25) is 0 Å². The van der Waals surface area contributed by atoms with Gasteiger partial charge in [0.25, 0.3) is 0 Å². The van der Waals surface area contributed by atoms with Crippen LogP contribution in [-0.4, -0.2) is 39.4 Å². The molecule has 0 bridgehead atoms.